The van der Waals surface area contributed by atoms with Gasteiger partial charge in [0, 0.05) is 19.6 Å². The fourth-order valence-corrected chi connectivity index (χ4v) is 2.03. The maximum Gasteiger partial charge on any atom is 0.317 e. The lowest BCUT2D eigenvalue weighted by atomic mass is 10.0. The maximum absolute atomic E-state index is 12.1. The van der Waals surface area contributed by atoms with Crippen LogP contribution >= 0.6 is 0 Å². The number of nitrogens with zero attached hydrogens (tertiary/aromatic N) is 1. The van der Waals surface area contributed by atoms with E-state index in [1.54, 1.807) is 4.90 Å². The summed E-state index contributed by atoms with van der Waals surface area (Å²) in [5.41, 5.74) is 2.49. The SMILES string of the molecule is CCc1ccc(CN(C)C(=O)NC(C)C(C)CC)cc1. The number of benzene rings is 1. The topological polar surface area (TPSA) is 32.3 Å². The molecule has 0 radical (unpaired) electrons. The number of rotatable bonds is 6. The zero-order chi connectivity index (χ0) is 15.1. The number of aryl methyl sites for hydroxylation is 1. The summed E-state index contributed by atoms with van der Waals surface area (Å²) in [5.74, 6) is 0.496. The Morgan fingerprint density at radius 1 is 1.15 bits per heavy atom. The largest absolute Gasteiger partial charge is 0.335 e. The van der Waals surface area contributed by atoms with Gasteiger partial charge in [0.2, 0.25) is 0 Å². The summed E-state index contributed by atoms with van der Waals surface area (Å²) in [6.07, 6.45) is 2.12. The highest BCUT2D eigenvalue weighted by atomic mass is 16.2. The van der Waals surface area contributed by atoms with Crippen molar-refractivity contribution in [2.45, 2.75) is 53.1 Å². The van der Waals surface area contributed by atoms with Gasteiger partial charge in [-0.15, -0.1) is 0 Å². The third-order valence-corrected chi connectivity index (χ3v) is 4.05. The molecule has 1 rings (SSSR count). The van der Waals surface area contributed by atoms with Crippen LogP contribution in [-0.4, -0.2) is 24.0 Å². The molecule has 0 spiro atoms. The van der Waals surface area contributed by atoms with Crippen molar-refractivity contribution in [3.05, 3.63) is 35.4 Å². The van der Waals surface area contributed by atoms with Gasteiger partial charge in [-0.1, -0.05) is 51.5 Å². The monoisotopic (exact) mass is 276 g/mol. The van der Waals surface area contributed by atoms with Gasteiger partial charge in [-0.05, 0) is 30.4 Å². The first-order valence-corrected chi connectivity index (χ1v) is 7.57. The summed E-state index contributed by atoms with van der Waals surface area (Å²) in [6.45, 7) is 9.16. The van der Waals surface area contributed by atoms with Crippen molar-refractivity contribution in [3.8, 4) is 0 Å². The fourth-order valence-electron chi connectivity index (χ4n) is 2.03. The molecule has 0 aliphatic carbocycles. The van der Waals surface area contributed by atoms with E-state index in [0.717, 1.165) is 18.4 Å². The van der Waals surface area contributed by atoms with Crippen molar-refractivity contribution < 1.29 is 4.79 Å². The van der Waals surface area contributed by atoms with Crippen molar-refractivity contribution in [2.75, 3.05) is 7.05 Å². The predicted molar refractivity (Wildman–Crippen MR) is 84.7 cm³/mol. The molecule has 2 atom stereocenters. The first-order valence-electron chi connectivity index (χ1n) is 7.57. The van der Waals surface area contributed by atoms with Gasteiger partial charge < -0.3 is 10.2 Å². The van der Waals surface area contributed by atoms with Crippen LogP contribution in [0.25, 0.3) is 0 Å². The Morgan fingerprint density at radius 2 is 1.70 bits per heavy atom. The summed E-state index contributed by atoms with van der Waals surface area (Å²) >= 11 is 0. The Balaban J connectivity index is 2.52. The molecule has 0 aliphatic heterocycles. The van der Waals surface area contributed by atoms with Crippen molar-refractivity contribution in [2.24, 2.45) is 5.92 Å². The van der Waals surface area contributed by atoms with Crippen molar-refractivity contribution in [1.29, 1.82) is 0 Å². The number of carbonyl (C=O) groups excluding carboxylic acids is 1. The minimum atomic E-state index is -0.00244. The summed E-state index contributed by atoms with van der Waals surface area (Å²) in [5, 5.41) is 3.06. The van der Waals surface area contributed by atoms with Crippen LogP contribution in [0.1, 0.15) is 45.2 Å². The van der Waals surface area contributed by atoms with Crippen molar-refractivity contribution >= 4 is 6.03 Å². The van der Waals surface area contributed by atoms with Gasteiger partial charge in [-0.2, -0.15) is 0 Å². The third-order valence-electron chi connectivity index (χ3n) is 4.05. The van der Waals surface area contributed by atoms with E-state index >= 15 is 0 Å². The van der Waals surface area contributed by atoms with E-state index in [1.807, 2.05) is 7.05 Å². The van der Waals surface area contributed by atoms with E-state index in [4.69, 9.17) is 0 Å². The zero-order valence-corrected chi connectivity index (χ0v) is 13.4. The van der Waals surface area contributed by atoms with Crippen LogP contribution in [0, 0.1) is 5.92 Å². The van der Waals surface area contributed by atoms with E-state index < -0.39 is 0 Å². The average molecular weight is 276 g/mol. The van der Waals surface area contributed by atoms with Gasteiger partial charge in [0.25, 0.3) is 0 Å². The minimum Gasteiger partial charge on any atom is -0.335 e. The van der Waals surface area contributed by atoms with E-state index in [2.05, 4.69) is 57.3 Å². The Kier molecular flexibility index (Phi) is 6.56. The summed E-state index contributed by atoms with van der Waals surface area (Å²) < 4.78 is 0. The van der Waals surface area contributed by atoms with Crippen LogP contribution in [0.2, 0.25) is 0 Å². The number of amides is 2. The number of hydrogen-bond donors (Lipinski definition) is 1. The van der Waals surface area contributed by atoms with Crippen LogP contribution in [-0.2, 0) is 13.0 Å². The highest BCUT2D eigenvalue weighted by Gasteiger charge is 2.15. The number of hydrogen-bond acceptors (Lipinski definition) is 1. The Morgan fingerprint density at radius 3 is 2.20 bits per heavy atom. The van der Waals surface area contributed by atoms with Gasteiger partial charge in [0.1, 0.15) is 0 Å². The highest BCUT2D eigenvalue weighted by molar-refractivity contribution is 5.74. The molecule has 112 valence electrons. The van der Waals surface area contributed by atoms with Crippen molar-refractivity contribution in [3.63, 3.8) is 0 Å². The normalized spacial score (nSPS) is 13.7. The fraction of sp³-hybridized carbons (Fsp3) is 0.588. The quantitative estimate of drug-likeness (QED) is 0.841. The predicted octanol–water partition coefficient (Wildman–Crippen LogP) is 3.83. The van der Waals surface area contributed by atoms with Crippen LogP contribution in [0.15, 0.2) is 24.3 Å². The highest BCUT2D eigenvalue weighted by Crippen LogP contribution is 2.09. The Bertz CT molecular complexity index is 414. The smallest absolute Gasteiger partial charge is 0.317 e. The van der Waals surface area contributed by atoms with Crippen molar-refractivity contribution in [1.82, 2.24) is 10.2 Å². The maximum atomic E-state index is 12.1. The molecular formula is C17H28N2O. The molecule has 3 nitrogen and oxygen atoms in total. The molecule has 1 aromatic carbocycles. The standard InChI is InChI=1S/C17H28N2O/c1-6-13(3)14(4)18-17(20)19(5)12-16-10-8-15(7-2)9-11-16/h8-11,13-14H,6-7,12H2,1-5H3,(H,18,20). The average Bonchev–Trinajstić information content (AvgIpc) is 2.46. The number of carbonyl (C=O) groups is 1. The van der Waals surface area contributed by atoms with Gasteiger partial charge >= 0.3 is 6.03 Å². The molecule has 2 amide bonds. The summed E-state index contributed by atoms with van der Waals surface area (Å²) in [4.78, 5) is 13.9. The van der Waals surface area contributed by atoms with E-state index in [1.165, 1.54) is 5.56 Å². The van der Waals surface area contributed by atoms with E-state index in [0.29, 0.717) is 12.5 Å². The molecule has 0 bridgehead atoms. The molecule has 1 aromatic rings. The van der Waals surface area contributed by atoms with Crippen LogP contribution in [0.3, 0.4) is 0 Å². The molecular weight excluding hydrogens is 248 g/mol. The first kappa shape index (κ1) is 16.5. The van der Waals surface area contributed by atoms with E-state index in [-0.39, 0.29) is 12.1 Å². The lowest BCUT2D eigenvalue weighted by Crippen LogP contribution is -2.43. The minimum absolute atomic E-state index is 0.00244. The molecule has 0 saturated heterocycles. The zero-order valence-electron chi connectivity index (χ0n) is 13.4. The molecule has 1 N–H and O–H groups in total. The number of urea groups is 1. The van der Waals surface area contributed by atoms with Crippen LogP contribution < -0.4 is 5.32 Å². The second-order valence-corrected chi connectivity index (χ2v) is 5.65. The second kappa shape index (κ2) is 7.93. The summed E-state index contributed by atoms with van der Waals surface area (Å²) in [6, 6.07) is 8.66. The molecule has 20 heavy (non-hydrogen) atoms. The summed E-state index contributed by atoms with van der Waals surface area (Å²) in [7, 11) is 1.84. The van der Waals surface area contributed by atoms with Gasteiger partial charge in [-0.3, -0.25) is 0 Å². The first-order chi connectivity index (χ1) is 9.47. The van der Waals surface area contributed by atoms with Crippen LogP contribution in [0.5, 0.6) is 0 Å². The molecule has 0 fully saturated rings. The molecule has 0 aromatic heterocycles. The molecule has 0 saturated carbocycles. The lowest BCUT2D eigenvalue weighted by molar-refractivity contribution is 0.199. The lowest BCUT2D eigenvalue weighted by Gasteiger charge is -2.24. The second-order valence-electron chi connectivity index (χ2n) is 5.65. The van der Waals surface area contributed by atoms with E-state index in [9.17, 15) is 4.79 Å². The third kappa shape index (κ3) is 4.87. The van der Waals surface area contributed by atoms with Gasteiger partial charge in [0.15, 0.2) is 0 Å². The molecule has 0 heterocycles. The molecule has 2 unspecified atom stereocenters. The molecule has 0 aliphatic rings. The van der Waals surface area contributed by atoms with Crippen LogP contribution in [0.4, 0.5) is 4.79 Å². The number of nitrogens with one attached hydrogen (secondary N) is 1. The van der Waals surface area contributed by atoms with Gasteiger partial charge in [0.05, 0.1) is 0 Å². The Hall–Kier alpha value is -1.51. The van der Waals surface area contributed by atoms with Gasteiger partial charge in [-0.25, -0.2) is 4.79 Å². The Labute approximate surface area is 123 Å². The molecule has 3 heteroatoms.